The molecule has 1 saturated heterocycles. The van der Waals surface area contributed by atoms with E-state index >= 15 is 0 Å². The van der Waals surface area contributed by atoms with Crippen LogP contribution in [0.3, 0.4) is 0 Å². The number of thioether (sulfide) groups is 1. The molecule has 0 aromatic heterocycles. The number of benzene rings is 1. The number of halogens is 1. The van der Waals surface area contributed by atoms with Gasteiger partial charge in [0.1, 0.15) is 6.04 Å². The van der Waals surface area contributed by atoms with E-state index in [1.165, 1.54) is 6.08 Å². The molecule has 1 aromatic carbocycles. The van der Waals surface area contributed by atoms with Gasteiger partial charge >= 0.3 is 0 Å². The van der Waals surface area contributed by atoms with Crippen molar-refractivity contribution in [3.8, 4) is 0 Å². The van der Waals surface area contributed by atoms with Crippen LogP contribution in [0.4, 0.5) is 0 Å². The van der Waals surface area contributed by atoms with Crippen molar-refractivity contribution in [2.45, 2.75) is 32.4 Å². The maximum absolute atomic E-state index is 12.4. The quantitative estimate of drug-likeness (QED) is 0.850. The van der Waals surface area contributed by atoms with Crippen LogP contribution in [0.1, 0.15) is 26.3 Å². The van der Waals surface area contributed by atoms with E-state index in [2.05, 4.69) is 5.32 Å². The Morgan fingerprint density at radius 2 is 1.96 bits per heavy atom. The fourth-order valence-electron chi connectivity index (χ4n) is 2.17. The van der Waals surface area contributed by atoms with Crippen LogP contribution in [-0.2, 0) is 9.59 Å². The fraction of sp³-hybridized carbons (Fsp3) is 0.412. The van der Waals surface area contributed by atoms with Crippen molar-refractivity contribution in [1.29, 1.82) is 0 Å². The van der Waals surface area contributed by atoms with E-state index in [9.17, 15) is 9.59 Å². The van der Waals surface area contributed by atoms with Crippen molar-refractivity contribution in [2.24, 2.45) is 0 Å². The zero-order chi connectivity index (χ0) is 17.0. The molecule has 2 rings (SSSR count). The predicted molar refractivity (Wildman–Crippen MR) is 96.3 cm³/mol. The Hall–Kier alpha value is -1.46. The lowest BCUT2D eigenvalue weighted by atomic mass is 10.1. The molecule has 1 aromatic rings. The molecule has 1 heterocycles. The van der Waals surface area contributed by atoms with Gasteiger partial charge in [0.25, 0.3) is 0 Å². The summed E-state index contributed by atoms with van der Waals surface area (Å²) >= 11 is 7.43. The van der Waals surface area contributed by atoms with Crippen molar-refractivity contribution in [2.75, 3.05) is 11.6 Å². The summed E-state index contributed by atoms with van der Waals surface area (Å²) in [6, 6.07) is 6.82. The van der Waals surface area contributed by atoms with Crippen LogP contribution in [0.5, 0.6) is 0 Å². The maximum Gasteiger partial charge on any atom is 0.247 e. The fourth-order valence-corrected chi connectivity index (χ4v) is 3.46. The summed E-state index contributed by atoms with van der Waals surface area (Å²) in [5.41, 5.74) is 0.586. The SMILES string of the molecule is CC(C)(C)NC(=O)C1CSCN1C(=O)/C=C/c1ccc(Cl)cc1. The molecular formula is C17H21ClN2O2S. The first kappa shape index (κ1) is 17.9. The smallest absolute Gasteiger partial charge is 0.247 e. The minimum Gasteiger partial charge on any atom is -0.350 e. The molecule has 1 fully saturated rings. The second-order valence-corrected chi connectivity index (χ2v) is 7.88. The number of hydrogen-bond donors (Lipinski definition) is 1. The average Bonchev–Trinajstić information content (AvgIpc) is 2.94. The molecule has 6 heteroatoms. The molecule has 1 aliphatic heterocycles. The van der Waals surface area contributed by atoms with Gasteiger partial charge in [0.15, 0.2) is 0 Å². The van der Waals surface area contributed by atoms with Crippen LogP contribution in [-0.4, -0.2) is 39.9 Å². The van der Waals surface area contributed by atoms with Gasteiger partial charge in [-0.1, -0.05) is 23.7 Å². The summed E-state index contributed by atoms with van der Waals surface area (Å²) < 4.78 is 0. The topological polar surface area (TPSA) is 49.4 Å². The van der Waals surface area contributed by atoms with Gasteiger partial charge in [-0.25, -0.2) is 0 Å². The highest BCUT2D eigenvalue weighted by atomic mass is 35.5. The van der Waals surface area contributed by atoms with Gasteiger partial charge in [-0.05, 0) is 44.5 Å². The van der Waals surface area contributed by atoms with Crippen LogP contribution in [0.15, 0.2) is 30.3 Å². The summed E-state index contributed by atoms with van der Waals surface area (Å²) in [7, 11) is 0. The van der Waals surface area contributed by atoms with E-state index in [0.29, 0.717) is 16.7 Å². The first-order valence-electron chi connectivity index (χ1n) is 7.40. The Bertz CT molecular complexity index is 608. The van der Waals surface area contributed by atoms with Gasteiger partial charge in [0, 0.05) is 22.4 Å². The van der Waals surface area contributed by atoms with Crippen molar-refractivity contribution >= 4 is 41.3 Å². The Balaban J connectivity index is 2.02. The molecule has 0 saturated carbocycles. The minimum absolute atomic E-state index is 0.101. The first-order valence-corrected chi connectivity index (χ1v) is 8.93. The van der Waals surface area contributed by atoms with E-state index in [0.717, 1.165) is 5.56 Å². The highest BCUT2D eigenvalue weighted by molar-refractivity contribution is 7.99. The highest BCUT2D eigenvalue weighted by Crippen LogP contribution is 2.22. The molecule has 0 bridgehead atoms. The number of carbonyl (C=O) groups is 2. The van der Waals surface area contributed by atoms with E-state index in [4.69, 9.17) is 11.6 Å². The molecule has 2 amide bonds. The molecule has 0 radical (unpaired) electrons. The third-order valence-electron chi connectivity index (χ3n) is 3.25. The third-order valence-corrected chi connectivity index (χ3v) is 4.52. The molecule has 1 N–H and O–H groups in total. The van der Waals surface area contributed by atoms with Gasteiger partial charge in [0.2, 0.25) is 11.8 Å². The lowest BCUT2D eigenvalue weighted by molar-refractivity contribution is -0.135. The third kappa shape index (κ3) is 5.29. The maximum atomic E-state index is 12.4. The molecule has 4 nitrogen and oxygen atoms in total. The van der Waals surface area contributed by atoms with Gasteiger partial charge in [-0.3, -0.25) is 9.59 Å². The van der Waals surface area contributed by atoms with Crippen LogP contribution in [0.2, 0.25) is 5.02 Å². The highest BCUT2D eigenvalue weighted by Gasteiger charge is 2.34. The average molecular weight is 353 g/mol. The molecule has 1 unspecified atom stereocenters. The molecule has 1 aliphatic rings. The van der Waals surface area contributed by atoms with Crippen molar-refractivity contribution in [3.05, 3.63) is 40.9 Å². The normalized spacial score (nSPS) is 18.4. The van der Waals surface area contributed by atoms with Gasteiger partial charge in [-0.15, -0.1) is 11.8 Å². The molecule has 1 atom stereocenters. The Kier molecular flexibility index (Phi) is 5.76. The van der Waals surface area contributed by atoms with E-state index in [-0.39, 0.29) is 17.4 Å². The van der Waals surface area contributed by atoms with Gasteiger partial charge in [-0.2, -0.15) is 0 Å². The summed E-state index contributed by atoms with van der Waals surface area (Å²) in [4.78, 5) is 26.3. The second-order valence-electron chi connectivity index (χ2n) is 6.45. The standard InChI is InChI=1S/C17H21ClN2O2S/c1-17(2,3)19-16(22)14-10-23-11-20(14)15(21)9-6-12-4-7-13(18)8-5-12/h4-9,14H,10-11H2,1-3H3,(H,19,22)/b9-6+. The lowest BCUT2D eigenvalue weighted by Gasteiger charge is -2.27. The van der Waals surface area contributed by atoms with Crippen molar-refractivity contribution in [1.82, 2.24) is 10.2 Å². The molecule has 23 heavy (non-hydrogen) atoms. The van der Waals surface area contributed by atoms with Gasteiger partial charge in [0.05, 0.1) is 5.88 Å². The number of nitrogens with zero attached hydrogens (tertiary/aromatic N) is 1. The van der Waals surface area contributed by atoms with Crippen LogP contribution in [0, 0.1) is 0 Å². The summed E-state index contributed by atoms with van der Waals surface area (Å²) in [5, 5.41) is 3.60. The zero-order valence-corrected chi connectivity index (χ0v) is 15.1. The van der Waals surface area contributed by atoms with Crippen LogP contribution in [0.25, 0.3) is 6.08 Å². The monoisotopic (exact) mass is 352 g/mol. The number of carbonyl (C=O) groups excluding carboxylic acids is 2. The number of amides is 2. The largest absolute Gasteiger partial charge is 0.350 e. The first-order chi connectivity index (χ1) is 10.8. The molecule has 0 spiro atoms. The minimum atomic E-state index is -0.415. The Morgan fingerprint density at radius 1 is 1.30 bits per heavy atom. The van der Waals surface area contributed by atoms with Crippen LogP contribution < -0.4 is 5.32 Å². The molecular weight excluding hydrogens is 332 g/mol. The summed E-state index contributed by atoms with van der Waals surface area (Å²) in [6.45, 7) is 5.79. The number of rotatable bonds is 3. The summed E-state index contributed by atoms with van der Waals surface area (Å²) in [6.07, 6.45) is 3.24. The number of nitrogens with one attached hydrogen (secondary N) is 1. The van der Waals surface area contributed by atoms with E-state index in [1.54, 1.807) is 34.9 Å². The molecule has 0 aliphatic carbocycles. The number of hydrogen-bond acceptors (Lipinski definition) is 3. The van der Waals surface area contributed by atoms with E-state index in [1.807, 2.05) is 32.9 Å². The van der Waals surface area contributed by atoms with Crippen LogP contribution >= 0.6 is 23.4 Å². The second kappa shape index (κ2) is 7.41. The lowest BCUT2D eigenvalue weighted by Crippen LogP contribution is -2.52. The summed E-state index contributed by atoms with van der Waals surface area (Å²) in [5.74, 6) is 0.906. The van der Waals surface area contributed by atoms with E-state index < -0.39 is 6.04 Å². The predicted octanol–water partition coefficient (Wildman–Crippen LogP) is 3.17. The van der Waals surface area contributed by atoms with Crippen molar-refractivity contribution < 1.29 is 9.59 Å². The van der Waals surface area contributed by atoms with Gasteiger partial charge < -0.3 is 10.2 Å². The van der Waals surface area contributed by atoms with Crippen molar-refractivity contribution in [3.63, 3.8) is 0 Å². The molecule has 124 valence electrons. The zero-order valence-electron chi connectivity index (χ0n) is 13.5. The Morgan fingerprint density at radius 3 is 2.57 bits per heavy atom. The Labute approximate surface area is 146 Å².